The summed E-state index contributed by atoms with van der Waals surface area (Å²) in [5.74, 6) is -0.0830. The van der Waals surface area contributed by atoms with Crippen LogP contribution < -0.4 is 5.32 Å². The Balaban J connectivity index is 1.44. The van der Waals surface area contributed by atoms with Crippen molar-refractivity contribution in [1.82, 2.24) is 4.98 Å². The average molecular weight is 316 g/mol. The Kier molecular flexibility index (Phi) is 3.53. The predicted molar refractivity (Wildman–Crippen MR) is 88.6 cm³/mol. The number of thiazole rings is 1. The standard InChI is InChI=1S/C17H20N2O2S/c20-17(21)11-3-5-12(6-4-11)18-13-7-8-14-15(9-13)22-16(19-14)10-1-2-10/h7-12,18H,1-6H2,(H,20,21). The molecule has 1 aromatic carbocycles. The van der Waals surface area contributed by atoms with E-state index in [-0.39, 0.29) is 5.92 Å². The summed E-state index contributed by atoms with van der Waals surface area (Å²) >= 11 is 1.82. The predicted octanol–water partition coefficient (Wildman–Crippen LogP) is 4.23. The third kappa shape index (κ3) is 2.82. The zero-order valence-corrected chi connectivity index (χ0v) is 13.2. The van der Waals surface area contributed by atoms with E-state index in [1.54, 1.807) is 0 Å². The van der Waals surface area contributed by atoms with E-state index in [1.165, 1.54) is 22.5 Å². The number of hydrogen-bond acceptors (Lipinski definition) is 4. The lowest BCUT2D eigenvalue weighted by Gasteiger charge is -2.27. The molecule has 2 aliphatic rings. The fraction of sp³-hybridized carbons (Fsp3) is 0.529. The Morgan fingerprint density at radius 1 is 1.18 bits per heavy atom. The van der Waals surface area contributed by atoms with Crippen LogP contribution in [-0.2, 0) is 4.79 Å². The number of fused-ring (bicyclic) bond motifs is 1. The minimum absolute atomic E-state index is 0.150. The third-order valence-electron chi connectivity index (χ3n) is 4.78. The van der Waals surface area contributed by atoms with E-state index in [0.717, 1.165) is 36.9 Å². The maximum absolute atomic E-state index is 11.0. The Morgan fingerprint density at radius 3 is 2.64 bits per heavy atom. The Bertz CT molecular complexity index is 700. The van der Waals surface area contributed by atoms with E-state index in [2.05, 4.69) is 23.5 Å². The molecule has 2 saturated carbocycles. The molecule has 0 spiro atoms. The largest absolute Gasteiger partial charge is 0.481 e. The molecule has 2 aromatic rings. The number of nitrogens with one attached hydrogen (secondary N) is 1. The average Bonchev–Trinajstić information content (AvgIpc) is 3.28. The summed E-state index contributed by atoms with van der Waals surface area (Å²) < 4.78 is 1.26. The number of benzene rings is 1. The fourth-order valence-electron chi connectivity index (χ4n) is 3.26. The number of carboxylic acid groups (broad SMARTS) is 1. The summed E-state index contributed by atoms with van der Waals surface area (Å²) in [6, 6.07) is 6.79. The third-order valence-corrected chi connectivity index (χ3v) is 5.96. The first kappa shape index (κ1) is 14.0. The molecule has 5 heteroatoms. The molecular weight excluding hydrogens is 296 g/mol. The first-order chi connectivity index (χ1) is 10.7. The van der Waals surface area contributed by atoms with Gasteiger partial charge in [0.25, 0.3) is 0 Å². The summed E-state index contributed by atoms with van der Waals surface area (Å²) in [6.07, 6.45) is 6.01. The van der Waals surface area contributed by atoms with Crippen LogP contribution in [0, 0.1) is 5.92 Å². The lowest BCUT2D eigenvalue weighted by molar-refractivity contribution is -0.142. The number of rotatable bonds is 4. The highest BCUT2D eigenvalue weighted by Gasteiger charge is 2.27. The number of hydrogen-bond donors (Lipinski definition) is 2. The second-order valence-electron chi connectivity index (χ2n) is 6.54. The van der Waals surface area contributed by atoms with Gasteiger partial charge in [-0.05, 0) is 56.7 Å². The molecule has 116 valence electrons. The van der Waals surface area contributed by atoms with Crippen molar-refractivity contribution in [2.24, 2.45) is 5.92 Å². The van der Waals surface area contributed by atoms with Crippen LogP contribution in [0.5, 0.6) is 0 Å². The van der Waals surface area contributed by atoms with Gasteiger partial charge in [0.2, 0.25) is 0 Å². The Labute approximate surface area is 133 Å². The van der Waals surface area contributed by atoms with Gasteiger partial charge in [0, 0.05) is 17.6 Å². The van der Waals surface area contributed by atoms with E-state index < -0.39 is 5.97 Å². The number of nitrogens with zero attached hydrogens (tertiary/aromatic N) is 1. The molecule has 0 amide bonds. The smallest absolute Gasteiger partial charge is 0.306 e. The van der Waals surface area contributed by atoms with Crippen molar-refractivity contribution in [2.45, 2.75) is 50.5 Å². The summed E-state index contributed by atoms with van der Waals surface area (Å²) in [5, 5.41) is 13.9. The Morgan fingerprint density at radius 2 is 1.95 bits per heavy atom. The van der Waals surface area contributed by atoms with Crippen LogP contribution in [0.15, 0.2) is 18.2 Å². The van der Waals surface area contributed by atoms with Gasteiger partial charge in [-0.25, -0.2) is 4.98 Å². The fourth-order valence-corrected chi connectivity index (χ4v) is 4.43. The lowest BCUT2D eigenvalue weighted by Crippen LogP contribution is -2.29. The minimum Gasteiger partial charge on any atom is -0.481 e. The highest BCUT2D eigenvalue weighted by atomic mass is 32.1. The van der Waals surface area contributed by atoms with E-state index in [9.17, 15) is 4.79 Å². The number of carboxylic acids is 1. The van der Waals surface area contributed by atoms with E-state index in [0.29, 0.717) is 12.0 Å². The normalized spacial score (nSPS) is 25.3. The Hall–Kier alpha value is -1.62. The minimum atomic E-state index is -0.642. The molecule has 0 radical (unpaired) electrons. The number of aromatic nitrogens is 1. The van der Waals surface area contributed by atoms with Gasteiger partial charge in [0.1, 0.15) is 0 Å². The molecule has 2 N–H and O–H groups in total. The zero-order chi connectivity index (χ0) is 15.1. The molecule has 0 unspecified atom stereocenters. The van der Waals surface area contributed by atoms with Crippen LogP contribution in [0.3, 0.4) is 0 Å². The van der Waals surface area contributed by atoms with Crippen LogP contribution in [0.2, 0.25) is 0 Å². The maximum atomic E-state index is 11.0. The molecule has 22 heavy (non-hydrogen) atoms. The van der Waals surface area contributed by atoms with Gasteiger partial charge in [-0.15, -0.1) is 11.3 Å². The molecule has 4 rings (SSSR count). The van der Waals surface area contributed by atoms with Crippen LogP contribution in [0.25, 0.3) is 10.2 Å². The van der Waals surface area contributed by atoms with Gasteiger partial charge in [-0.2, -0.15) is 0 Å². The van der Waals surface area contributed by atoms with Crippen LogP contribution >= 0.6 is 11.3 Å². The molecule has 1 heterocycles. The van der Waals surface area contributed by atoms with Crippen molar-refractivity contribution < 1.29 is 9.90 Å². The molecule has 2 aliphatic carbocycles. The molecule has 1 aromatic heterocycles. The van der Waals surface area contributed by atoms with Crippen molar-refractivity contribution in [1.29, 1.82) is 0 Å². The SMILES string of the molecule is O=C(O)C1CCC(Nc2ccc3nc(C4CC4)sc3c2)CC1. The maximum Gasteiger partial charge on any atom is 0.306 e. The van der Waals surface area contributed by atoms with Crippen LogP contribution in [0.4, 0.5) is 5.69 Å². The zero-order valence-electron chi connectivity index (χ0n) is 12.4. The molecule has 0 saturated heterocycles. The van der Waals surface area contributed by atoms with Gasteiger partial charge < -0.3 is 10.4 Å². The molecule has 0 bridgehead atoms. The number of aliphatic carboxylic acids is 1. The van der Waals surface area contributed by atoms with Crippen molar-refractivity contribution in [3.63, 3.8) is 0 Å². The topological polar surface area (TPSA) is 62.2 Å². The molecule has 0 aliphatic heterocycles. The lowest BCUT2D eigenvalue weighted by atomic mass is 9.86. The van der Waals surface area contributed by atoms with E-state index >= 15 is 0 Å². The second kappa shape index (κ2) is 5.54. The summed E-state index contributed by atoms with van der Waals surface area (Å²) in [6.45, 7) is 0. The first-order valence-corrected chi connectivity index (χ1v) is 8.90. The van der Waals surface area contributed by atoms with Gasteiger partial charge in [-0.3, -0.25) is 4.79 Å². The highest BCUT2D eigenvalue weighted by Crippen LogP contribution is 2.43. The van der Waals surface area contributed by atoms with Gasteiger partial charge in [0.15, 0.2) is 0 Å². The quantitative estimate of drug-likeness (QED) is 0.886. The van der Waals surface area contributed by atoms with Crippen LogP contribution in [-0.4, -0.2) is 22.1 Å². The van der Waals surface area contributed by atoms with Crippen molar-refractivity contribution in [3.8, 4) is 0 Å². The van der Waals surface area contributed by atoms with Gasteiger partial charge in [0.05, 0.1) is 21.1 Å². The van der Waals surface area contributed by atoms with Gasteiger partial charge >= 0.3 is 5.97 Å². The monoisotopic (exact) mass is 316 g/mol. The van der Waals surface area contributed by atoms with Crippen LogP contribution in [0.1, 0.15) is 49.5 Å². The second-order valence-corrected chi connectivity index (χ2v) is 7.60. The van der Waals surface area contributed by atoms with Crippen molar-refractivity contribution in [3.05, 3.63) is 23.2 Å². The summed E-state index contributed by atoms with van der Waals surface area (Å²) in [7, 11) is 0. The number of anilines is 1. The van der Waals surface area contributed by atoms with Crippen molar-refractivity contribution in [2.75, 3.05) is 5.32 Å². The highest BCUT2D eigenvalue weighted by molar-refractivity contribution is 7.18. The van der Waals surface area contributed by atoms with Gasteiger partial charge in [-0.1, -0.05) is 0 Å². The van der Waals surface area contributed by atoms with E-state index in [4.69, 9.17) is 10.1 Å². The summed E-state index contributed by atoms with van der Waals surface area (Å²) in [5.41, 5.74) is 2.24. The first-order valence-electron chi connectivity index (χ1n) is 8.09. The van der Waals surface area contributed by atoms with E-state index in [1.807, 2.05) is 11.3 Å². The summed E-state index contributed by atoms with van der Waals surface area (Å²) in [4.78, 5) is 15.7. The molecular formula is C17H20N2O2S. The molecule has 2 fully saturated rings. The van der Waals surface area contributed by atoms with Crippen molar-refractivity contribution >= 4 is 33.2 Å². The molecule has 4 nitrogen and oxygen atoms in total. The molecule has 0 atom stereocenters. The number of carbonyl (C=O) groups is 1.